The summed E-state index contributed by atoms with van der Waals surface area (Å²) in [6.45, 7) is 6.83. The molecule has 11 nitrogen and oxygen atoms in total. The lowest BCUT2D eigenvalue weighted by Gasteiger charge is -2.23. The van der Waals surface area contributed by atoms with Crippen LogP contribution in [0.4, 0.5) is 0 Å². The number of aliphatic hydroxyl groups excluding tert-OH is 1. The summed E-state index contributed by atoms with van der Waals surface area (Å²) in [7, 11) is 0. The van der Waals surface area contributed by atoms with Gasteiger partial charge in [0.15, 0.2) is 0 Å². The molecule has 1 rings (SSSR count). The maximum Gasteiger partial charge on any atom is 0.243 e. The number of carbonyl (C=O) groups excluding carboxylic acids is 5. The lowest BCUT2D eigenvalue weighted by Crippen LogP contribution is -2.53. The molecule has 0 aromatic rings. The van der Waals surface area contributed by atoms with Gasteiger partial charge in [0.2, 0.25) is 23.6 Å². The number of allylic oxidation sites excluding steroid dienone is 4. The van der Waals surface area contributed by atoms with Gasteiger partial charge in [-0.05, 0) is 35.8 Å². The zero-order chi connectivity index (χ0) is 27.1. The molecule has 0 fully saturated rings. The van der Waals surface area contributed by atoms with E-state index in [4.69, 9.17) is 0 Å². The van der Waals surface area contributed by atoms with E-state index in [1.54, 1.807) is 13.0 Å². The lowest BCUT2D eigenvalue weighted by molar-refractivity contribution is -0.132. The molecular formula is C24H35N5O6S. The van der Waals surface area contributed by atoms with Gasteiger partial charge in [-0.25, -0.2) is 0 Å². The Kier molecular flexibility index (Phi) is 13.7. The number of amides is 4. The third-order valence-electron chi connectivity index (χ3n) is 5.34. The van der Waals surface area contributed by atoms with Crippen LogP contribution in [0, 0.1) is 5.92 Å². The van der Waals surface area contributed by atoms with Crippen molar-refractivity contribution >= 4 is 41.7 Å². The van der Waals surface area contributed by atoms with Crippen molar-refractivity contribution in [1.82, 2.24) is 26.6 Å². The first-order valence-corrected chi connectivity index (χ1v) is 12.7. The van der Waals surface area contributed by atoms with Crippen LogP contribution in [0.1, 0.15) is 33.1 Å². The van der Waals surface area contributed by atoms with Gasteiger partial charge in [-0.3, -0.25) is 19.2 Å². The third kappa shape index (κ3) is 10.8. The monoisotopic (exact) mass is 521 g/mol. The Bertz CT molecular complexity index is 943. The average molecular weight is 522 g/mol. The van der Waals surface area contributed by atoms with E-state index in [9.17, 15) is 29.1 Å². The Morgan fingerprint density at radius 1 is 1.11 bits per heavy atom. The molecule has 2 atom stereocenters. The van der Waals surface area contributed by atoms with Gasteiger partial charge < -0.3 is 36.5 Å². The number of hydrogen-bond acceptors (Lipinski definition) is 8. The molecule has 2 unspecified atom stereocenters. The van der Waals surface area contributed by atoms with Gasteiger partial charge in [-0.15, -0.1) is 11.8 Å². The Balaban J connectivity index is 2.62. The Morgan fingerprint density at radius 3 is 2.44 bits per heavy atom. The van der Waals surface area contributed by atoms with E-state index >= 15 is 0 Å². The van der Waals surface area contributed by atoms with Crippen LogP contribution in [0.2, 0.25) is 0 Å². The fourth-order valence-corrected chi connectivity index (χ4v) is 3.75. The highest BCUT2D eigenvalue weighted by Gasteiger charge is 2.26. The molecule has 198 valence electrons. The topological polar surface area (TPSA) is 166 Å². The molecule has 1 aliphatic heterocycles. The van der Waals surface area contributed by atoms with E-state index in [0.717, 1.165) is 10.6 Å². The van der Waals surface area contributed by atoms with E-state index in [1.807, 2.05) is 13.2 Å². The smallest absolute Gasteiger partial charge is 0.243 e. The summed E-state index contributed by atoms with van der Waals surface area (Å²) in [5, 5.41) is 23.3. The second kappa shape index (κ2) is 16.2. The SMILES string of the molecule is C=C1/C=C\C(O)=C/NC(SC)=C1CCC(=O)NCC(=O)NC(C(=O)NCC(=O)NCC=O)C(C)CC. The summed E-state index contributed by atoms with van der Waals surface area (Å²) in [5.41, 5.74) is 1.46. The minimum Gasteiger partial charge on any atom is -0.506 e. The number of aldehydes is 1. The van der Waals surface area contributed by atoms with Gasteiger partial charge in [0, 0.05) is 12.6 Å². The fraction of sp³-hybridized carbons (Fsp3) is 0.458. The largest absolute Gasteiger partial charge is 0.506 e. The zero-order valence-corrected chi connectivity index (χ0v) is 21.6. The van der Waals surface area contributed by atoms with Crippen LogP contribution >= 0.6 is 11.8 Å². The molecule has 0 aromatic heterocycles. The van der Waals surface area contributed by atoms with Crippen LogP contribution in [0.15, 0.2) is 46.9 Å². The van der Waals surface area contributed by atoms with Crippen molar-refractivity contribution in [3.05, 3.63) is 46.9 Å². The standard InChI is InChI=1S/C24H35N5O6S/c1-5-15(2)22(23(35)27-13-20(33)25-10-11-30)29-21(34)14-26-19(32)9-8-18-16(3)6-7-17(31)12-28-24(18)36-4/h6-7,11-12,15,22,28,31H,3,5,8-10,13-14H2,1-2,4H3,(H,25,33)(H,26,32)(H,27,35)(H,29,34)/b7-6-,17-12+,24-18?. The van der Waals surface area contributed by atoms with E-state index in [0.29, 0.717) is 24.7 Å². The third-order valence-corrected chi connectivity index (χ3v) is 6.11. The summed E-state index contributed by atoms with van der Waals surface area (Å²) < 4.78 is 0. The first-order chi connectivity index (χ1) is 17.1. The molecule has 12 heteroatoms. The van der Waals surface area contributed by atoms with Gasteiger partial charge in [0.1, 0.15) is 18.1 Å². The van der Waals surface area contributed by atoms with Crippen molar-refractivity contribution in [2.24, 2.45) is 5.92 Å². The molecule has 0 saturated heterocycles. The second-order valence-electron chi connectivity index (χ2n) is 7.98. The molecule has 4 amide bonds. The highest BCUT2D eigenvalue weighted by atomic mass is 32.2. The highest BCUT2D eigenvalue weighted by Crippen LogP contribution is 2.26. The first kappa shape index (κ1) is 30.5. The summed E-state index contributed by atoms with van der Waals surface area (Å²) in [4.78, 5) is 59.3. The first-order valence-electron chi connectivity index (χ1n) is 11.5. The fourth-order valence-electron chi connectivity index (χ4n) is 3.09. The van der Waals surface area contributed by atoms with Crippen molar-refractivity contribution in [3.63, 3.8) is 0 Å². The Morgan fingerprint density at radius 2 is 1.81 bits per heavy atom. The van der Waals surface area contributed by atoms with Crippen molar-refractivity contribution in [3.8, 4) is 0 Å². The number of nitrogens with one attached hydrogen (secondary N) is 5. The molecule has 0 radical (unpaired) electrons. The molecule has 0 saturated carbocycles. The van der Waals surface area contributed by atoms with E-state index in [-0.39, 0.29) is 43.6 Å². The predicted octanol–water partition coefficient (Wildman–Crippen LogP) is 0.535. The molecule has 0 aliphatic carbocycles. The van der Waals surface area contributed by atoms with E-state index in [1.165, 1.54) is 24.0 Å². The van der Waals surface area contributed by atoms with E-state index < -0.39 is 23.8 Å². The number of carbonyl (C=O) groups is 5. The Labute approximate surface area is 215 Å². The van der Waals surface area contributed by atoms with Crippen molar-refractivity contribution in [2.75, 3.05) is 25.9 Å². The summed E-state index contributed by atoms with van der Waals surface area (Å²) in [5.74, 6) is -2.13. The minimum absolute atomic E-state index is 0.0519. The Hall–Kier alpha value is -3.54. The molecule has 6 N–H and O–H groups in total. The van der Waals surface area contributed by atoms with E-state index in [2.05, 4.69) is 33.2 Å². The highest BCUT2D eigenvalue weighted by molar-refractivity contribution is 8.02. The molecule has 1 aliphatic rings. The van der Waals surface area contributed by atoms with Crippen molar-refractivity contribution in [1.29, 1.82) is 0 Å². The number of aliphatic hydroxyl groups is 1. The van der Waals surface area contributed by atoms with Gasteiger partial charge in [-0.2, -0.15) is 0 Å². The average Bonchev–Trinajstić information content (AvgIpc) is 2.86. The summed E-state index contributed by atoms with van der Waals surface area (Å²) >= 11 is 1.42. The van der Waals surface area contributed by atoms with Gasteiger partial charge in [0.25, 0.3) is 0 Å². The second-order valence-corrected chi connectivity index (χ2v) is 8.80. The normalized spacial score (nSPS) is 17.2. The molecule has 36 heavy (non-hydrogen) atoms. The molecule has 0 bridgehead atoms. The minimum atomic E-state index is -0.895. The molecule has 0 spiro atoms. The van der Waals surface area contributed by atoms with Crippen molar-refractivity contribution in [2.45, 2.75) is 39.2 Å². The zero-order valence-electron chi connectivity index (χ0n) is 20.8. The van der Waals surface area contributed by atoms with Gasteiger partial charge >= 0.3 is 0 Å². The maximum atomic E-state index is 12.5. The maximum absolute atomic E-state index is 12.5. The van der Waals surface area contributed by atoms with Gasteiger partial charge in [-0.1, -0.05) is 32.9 Å². The molecule has 0 aromatic carbocycles. The number of rotatable bonds is 14. The number of hydrogen-bond donors (Lipinski definition) is 6. The van der Waals surface area contributed by atoms with Crippen LogP contribution < -0.4 is 26.6 Å². The van der Waals surface area contributed by atoms with Crippen LogP contribution in [0.5, 0.6) is 0 Å². The van der Waals surface area contributed by atoms with Crippen LogP contribution in [0.3, 0.4) is 0 Å². The van der Waals surface area contributed by atoms with Crippen LogP contribution in [-0.2, 0) is 24.0 Å². The molecular weight excluding hydrogens is 486 g/mol. The van der Waals surface area contributed by atoms with Crippen LogP contribution in [-0.4, -0.2) is 67.0 Å². The van der Waals surface area contributed by atoms with Crippen molar-refractivity contribution < 1.29 is 29.1 Å². The molecule has 1 heterocycles. The lowest BCUT2D eigenvalue weighted by atomic mass is 9.98. The van der Waals surface area contributed by atoms with Crippen LogP contribution in [0.25, 0.3) is 0 Å². The predicted molar refractivity (Wildman–Crippen MR) is 138 cm³/mol. The van der Waals surface area contributed by atoms with Gasteiger partial charge in [0.05, 0.1) is 24.7 Å². The summed E-state index contributed by atoms with van der Waals surface area (Å²) in [6.07, 6.45) is 8.04. The number of thioether (sulfide) groups is 1. The quantitative estimate of drug-likeness (QED) is 0.180. The summed E-state index contributed by atoms with van der Waals surface area (Å²) in [6, 6.07) is -0.895.